The van der Waals surface area contributed by atoms with E-state index in [1.165, 1.54) is 24.3 Å². The number of rotatable bonds is 4. The monoisotopic (exact) mass is 380 g/mol. The molecule has 2 amide bonds. The van der Waals surface area contributed by atoms with Crippen LogP contribution < -0.4 is 10.6 Å². The van der Waals surface area contributed by atoms with Gasteiger partial charge in [-0.05, 0) is 48.2 Å². The average Bonchev–Trinajstić information content (AvgIpc) is 3.09. The molecule has 0 heterocycles. The third-order valence-corrected chi connectivity index (χ3v) is 4.92. The molecule has 0 spiro atoms. The maximum Gasteiger partial charge on any atom is 0.416 e. The zero-order chi connectivity index (χ0) is 19.5. The average molecular weight is 380 g/mol. The van der Waals surface area contributed by atoms with Gasteiger partial charge in [0.05, 0.1) is 11.1 Å². The molecule has 2 N–H and O–H groups in total. The fourth-order valence-electron chi connectivity index (χ4n) is 3.53. The summed E-state index contributed by atoms with van der Waals surface area (Å²) in [5.41, 5.74) is -0.111. The predicted octanol–water partition coefficient (Wildman–Crippen LogP) is 5.11. The van der Waals surface area contributed by atoms with Crippen LogP contribution in [-0.4, -0.2) is 6.03 Å². The van der Waals surface area contributed by atoms with E-state index in [2.05, 4.69) is 10.6 Å². The Bertz CT molecular complexity index is 796. The highest BCUT2D eigenvalue weighted by molar-refractivity contribution is 5.75. The Labute approximate surface area is 154 Å². The normalized spacial score (nSPS) is 16.1. The Balaban J connectivity index is 1.70. The third-order valence-electron chi connectivity index (χ3n) is 4.92. The minimum atomic E-state index is -4.39. The highest BCUT2D eigenvalue weighted by Crippen LogP contribution is 2.40. The lowest BCUT2D eigenvalue weighted by Gasteiger charge is -2.31. The third kappa shape index (κ3) is 4.59. The lowest BCUT2D eigenvalue weighted by molar-refractivity contribution is -0.137. The molecule has 0 bridgehead atoms. The van der Waals surface area contributed by atoms with Gasteiger partial charge in [0.15, 0.2) is 0 Å². The fraction of sp³-hybridized carbons (Fsp3) is 0.350. The van der Waals surface area contributed by atoms with Crippen molar-refractivity contribution >= 4 is 6.03 Å². The summed E-state index contributed by atoms with van der Waals surface area (Å²) in [6.45, 7) is 0.159. The molecule has 3 nitrogen and oxygen atoms in total. The van der Waals surface area contributed by atoms with Gasteiger partial charge in [-0.25, -0.2) is 9.18 Å². The summed E-state index contributed by atoms with van der Waals surface area (Å²) < 4.78 is 51.6. The van der Waals surface area contributed by atoms with E-state index in [-0.39, 0.29) is 12.4 Å². The van der Waals surface area contributed by atoms with Gasteiger partial charge in [-0.1, -0.05) is 37.1 Å². The molecule has 0 saturated heterocycles. The smallest absolute Gasteiger partial charge is 0.334 e. The van der Waals surface area contributed by atoms with Crippen LogP contribution in [-0.2, 0) is 18.3 Å². The van der Waals surface area contributed by atoms with Gasteiger partial charge in [0.25, 0.3) is 0 Å². The Morgan fingerprint density at radius 2 is 1.70 bits per heavy atom. The molecule has 0 atom stereocenters. The van der Waals surface area contributed by atoms with Crippen LogP contribution in [0.4, 0.5) is 22.4 Å². The van der Waals surface area contributed by atoms with Crippen molar-refractivity contribution in [3.63, 3.8) is 0 Å². The summed E-state index contributed by atoms with van der Waals surface area (Å²) in [4.78, 5) is 12.4. The van der Waals surface area contributed by atoms with E-state index < -0.39 is 23.3 Å². The molecule has 7 heteroatoms. The van der Waals surface area contributed by atoms with E-state index in [0.717, 1.165) is 25.0 Å². The summed E-state index contributed by atoms with van der Waals surface area (Å²) in [5.74, 6) is -0.383. The standard InChI is InChI=1S/C20H20F4N2O/c21-17-5-3-4-14(12-17)13-25-18(27)26-19(10-1-2-11-19)15-6-8-16(9-7-15)20(22,23)24/h3-9,12H,1-2,10-11,13H2,(H2,25,26,27). The number of amides is 2. The number of urea groups is 1. The first kappa shape index (κ1) is 19.2. The van der Waals surface area contributed by atoms with E-state index in [4.69, 9.17) is 0 Å². The molecule has 0 aliphatic heterocycles. The number of benzene rings is 2. The number of carbonyl (C=O) groups excluding carboxylic acids is 1. The van der Waals surface area contributed by atoms with E-state index in [1.54, 1.807) is 12.1 Å². The van der Waals surface area contributed by atoms with E-state index in [1.807, 2.05) is 0 Å². The second-order valence-electron chi connectivity index (χ2n) is 6.80. The Kier molecular flexibility index (Phi) is 5.39. The molecule has 1 aliphatic rings. The van der Waals surface area contributed by atoms with Crippen molar-refractivity contribution in [2.45, 2.75) is 43.9 Å². The van der Waals surface area contributed by atoms with Crippen molar-refractivity contribution in [2.75, 3.05) is 0 Å². The second-order valence-corrected chi connectivity index (χ2v) is 6.80. The van der Waals surface area contributed by atoms with Crippen molar-refractivity contribution < 1.29 is 22.4 Å². The topological polar surface area (TPSA) is 41.1 Å². The summed E-state index contributed by atoms with van der Waals surface area (Å²) in [5, 5.41) is 5.61. The molecule has 3 rings (SSSR count). The van der Waals surface area contributed by atoms with Crippen molar-refractivity contribution in [1.29, 1.82) is 0 Å². The fourth-order valence-corrected chi connectivity index (χ4v) is 3.53. The molecular formula is C20H20F4N2O. The van der Waals surface area contributed by atoms with Crippen molar-refractivity contribution in [3.8, 4) is 0 Å². The first-order valence-electron chi connectivity index (χ1n) is 8.77. The molecule has 1 aliphatic carbocycles. The van der Waals surface area contributed by atoms with E-state index in [9.17, 15) is 22.4 Å². The molecule has 2 aromatic rings. The SMILES string of the molecule is O=C(NCc1cccc(F)c1)NC1(c2ccc(C(F)(F)F)cc2)CCCC1. The van der Waals surface area contributed by atoms with Crippen LogP contribution in [0.3, 0.4) is 0 Å². The number of carbonyl (C=O) groups is 1. The Morgan fingerprint density at radius 1 is 1.04 bits per heavy atom. The number of halogens is 4. The maximum absolute atomic E-state index is 13.2. The molecule has 1 fully saturated rings. The second kappa shape index (κ2) is 7.58. The highest BCUT2D eigenvalue weighted by Gasteiger charge is 2.38. The Morgan fingerprint density at radius 3 is 2.30 bits per heavy atom. The van der Waals surface area contributed by atoms with Gasteiger partial charge in [0.2, 0.25) is 0 Å². The zero-order valence-corrected chi connectivity index (χ0v) is 14.6. The predicted molar refractivity (Wildman–Crippen MR) is 93.4 cm³/mol. The zero-order valence-electron chi connectivity index (χ0n) is 14.6. The molecule has 27 heavy (non-hydrogen) atoms. The lowest BCUT2D eigenvalue weighted by Crippen LogP contribution is -2.48. The Hall–Kier alpha value is -2.57. The quantitative estimate of drug-likeness (QED) is 0.711. The number of hydrogen-bond donors (Lipinski definition) is 2. The van der Waals surface area contributed by atoms with Crippen LogP contribution in [0.25, 0.3) is 0 Å². The molecule has 0 unspecified atom stereocenters. The molecule has 1 saturated carbocycles. The lowest BCUT2D eigenvalue weighted by atomic mass is 9.87. The number of alkyl halides is 3. The van der Waals surface area contributed by atoms with Gasteiger partial charge < -0.3 is 10.6 Å². The van der Waals surface area contributed by atoms with Gasteiger partial charge in [0, 0.05) is 6.54 Å². The van der Waals surface area contributed by atoms with Crippen molar-refractivity contribution in [1.82, 2.24) is 10.6 Å². The first-order chi connectivity index (χ1) is 12.8. The largest absolute Gasteiger partial charge is 0.416 e. The molecular weight excluding hydrogens is 360 g/mol. The van der Waals surface area contributed by atoms with Crippen LogP contribution in [0, 0.1) is 5.82 Å². The molecule has 2 aromatic carbocycles. The van der Waals surface area contributed by atoms with Crippen LogP contribution in [0.5, 0.6) is 0 Å². The maximum atomic E-state index is 13.2. The van der Waals surface area contributed by atoms with Gasteiger partial charge in [-0.3, -0.25) is 0 Å². The highest BCUT2D eigenvalue weighted by atomic mass is 19.4. The van der Waals surface area contributed by atoms with Gasteiger partial charge in [0.1, 0.15) is 5.82 Å². The van der Waals surface area contributed by atoms with Gasteiger partial charge in [-0.2, -0.15) is 13.2 Å². The molecule has 0 aromatic heterocycles. The van der Waals surface area contributed by atoms with Crippen LogP contribution in [0.2, 0.25) is 0 Å². The molecule has 0 radical (unpaired) electrons. The van der Waals surface area contributed by atoms with Crippen molar-refractivity contribution in [3.05, 3.63) is 71.0 Å². The summed E-state index contributed by atoms with van der Waals surface area (Å²) in [6.07, 6.45) is -1.31. The van der Waals surface area contributed by atoms with E-state index >= 15 is 0 Å². The van der Waals surface area contributed by atoms with Crippen molar-refractivity contribution in [2.24, 2.45) is 0 Å². The van der Waals surface area contributed by atoms with Crippen LogP contribution in [0.15, 0.2) is 48.5 Å². The van der Waals surface area contributed by atoms with Crippen LogP contribution in [0.1, 0.15) is 42.4 Å². The summed E-state index contributed by atoms with van der Waals surface area (Å²) in [7, 11) is 0. The van der Waals surface area contributed by atoms with Gasteiger partial charge in [-0.15, -0.1) is 0 Å². The summed E-state index contributed by atoms with van der Waals surface area (Å²) >= 11 is 0. The summed E-state index contributed by atoms with van der Waals surface area (Å²) in [6, 6.07) is 10.4. The number of nitrogens with one attached hydrogen (secondary N) is 2. The number of hydrogen-bond acceptors (Lipinski definition) is 1. The van der Waals surface area contributed by atoms with Gasteiger partial charge >= 0.3 is 12.2 Å². The first-order valence-corrected chi connectivity index (χ1v) is 8.77. The molecule has 144 valence electrons. The van der Waals surface area contributed by atoms with Crippen LogP contribution >= 0.6 is 0 Å². The minimum Gasteiger partial charge on any atom is -0.334 e. The van der Waals surface area contributed by atoms with E-state index in [0.29, 0.717) is 24.0 Å². The minimum absolute atomic E-state index is 0.159.